The second-order valence-corrected chi connectivity index (χ2v) is 5.74. The van der Waals surface area contributed by atoms with Crippen molar-refractivity contribution in [1.82, 2.24) is 19.2 Å². The van der Waals surface area contributed by atoms with Crippen molar-refractivity contribution in [2.75, 3.05) is 33.2 Å². The lowest BCUT2D eigenvalue weighted by Gasteiger charge is -2.32. The van der Waals surface area contributed by atoms with Crippen LogP contribution in [0, 0.1) is 6.92 Å². The van der Waals surface area contributed by atoms with Gasteiger partial charge in [0.15, 0.2) is 0 Å². The number of fused-ring (bicyclic) bond motifs is 1. The van der Waals surface area contributed by atoms with Gasteiger partial charge >= 0.3 is 0 Å². The van der Waals surface area contributed by atoms with E-state index in [1.165, 1.54) is 0 Å². The molecule has 1 amide bonds. The molecule has 1 aliphatic rings. The molecule has 0 radical (unpaired) electrons. The Balaban J connectivity index is 1.90. The van der Waals surface area contributed by atoms with E-state index in [-0.39, 0.29) is 5.91 Å². The van der Waals surface area contributed by atoms with Crippen LogP contribution in [-0.4, -0.2) is 58.3 Å². The van der Waals surface area contributed by atoms with Gasteiger partial charge in [-0.15, -0.1) is 0 Å². The Morgan fingerprint density at radius 2 is 1.95 bits per heavy atom. The van der Waals surface area contributed by atoms with Crippen molar-refractivity contribution in [3.05, 3.63) is 35.3 Å². The van der Waals surface area contributed by atoms with Crippen LogP contribution in [0.4, 0.5) is 0 Å². The molecule has 21 heavy (non-hydrogen) atoms. The number of carbonyl (C=O) groups excluding carboxylic acids is 1. The molecule has 0 unspecified atom stereocenters. The number of nitrogens with zero attached hydrogens (tertiary/aromatic N) is 4. The maximum Gasteiger partial charge on any atom is 0.255 e. The van der Waals surface area contributed by atoms with Gasteiger partial charge < -0.3 is 14.2 Å². The Bertz CT molecular complexity index is 668. The first-order chi connectivity index (χ1) is 10.1. The molecule has 1 saturated heterocycles. The number of hydrogen-bond acceptors (Lipinski definition) is 3. The van der Waals surface area contributed by atoms with Crippen molar-refractivity contribution >= 4 is 11.6 Å². The fourth-order valence-electron chi connectivity index (χ4n) is 2.86. The molecule has 2 aromatic heterocycles. The molecule has 5 nitrogen and oxygen atoms in total. The summed E-state index contributed by atoms with van der Waals surface area (Å²) in [5, 5.41) is 0. The molecule has 5 heteroatoms. The van der Waals surface area contributed by atoms with Gasteiger partial charge in [-0.2, -0.15) is 0 Å². The molecule has 0 spiro atoms. The first kappa shape index (κ1) is 14.1. The Hall–Kier alpha value is -1.88. The molecule has 0 aliphatic carbocycles. The SMILES string of the molecule is CCc1nc2ccc(C(=O)N3CCN(C)CC3)cn2c1C. The molecule has 3 rings (SSSR count). The van der Waals surface area contributed by atoms with Gasteiger partial charge in [0.2, 0.25) is 0 Å². The summed E-state index contributed by atoms with van der Waals surface area (Å²) in [4.78, 5) is 21.4. The van der Waals surface area contributed by atoms with Crippen molar-refractivity contribution in [3.63, 3.8) is 0 Å². The molecule has 0 aromatic carbocycles. The number of hydrogen-bond donors (Lipinski definition) is 0. The van der Waals surface area contributed by atoms with Crippen molar-refractivity contribution in [1.29, 1.82) is 0 Å². The maximum atomic E-state index is 12.6. The third-order valence-electron chi connectivity index (χ3n) is 4.33. The molecule has 0 N–H and O–H groups in total. The van der Waals surface area contributed by atoms with E-state index < -0.39 is 0 Å². The Morgan fingerprint density at radius 1 is 1.24 bits per heavy atom. The summed E-state index contributed by atoms with van der Waals surface area (Å²) in [5.74, 6) is 0.121. The minimum Gasteiger partial charge on any atom is -0.336 e. The quantitative estimate of drug-likeness (QED) is 0.842. The molecule has 112 valence electrons. The second kappa shape index (κ2) is 5.48. The molecule has 2 aromatic rings. The average molecular weight is 286 g/mol. The van der Waals surface area contributed by atoms with Gasteiger partial charge in [-0.3, -0.25) is 4.79 Å². The molecule has 1 fully saturated rings. The van der Waals surface area contributed by atoms with Crippen molar-refractivity contribution < 1.29 is 4.79 Å². The van der Waals surface area contributed by atoms with Gasteiger partial charge in [0.1, 0.15) is 5.65 Å². The van der Waals surface area contributed by atoms with Crippen LogP contribution in [0.1, 0.15) is 28.7 Å². The maximum absolute atomic E-state index is 12.6. The summed E-state index contributed by atoms with van der Waals surface area (Å²) >= 11 is 0. The number of piperazine rings is 1. The largest absolute Gasteiger partial charge is 0.336 e. The summed E-state index contributed by atoms with van der Waals surface area (Å²) < 4.78 is 2.03. The minimum absolute atomic E-state index is 0.121. The third kappa shape index (κ3) is 2.53. The predicted octanol–water partition coefficient (Wildman–Crippen LogP) is 1.59. The van der Waals surface area contributed by atoms with Crippen molar-refractivity contribution in [2.45, 2.75) is 20.3 Å². The van der Waals surface area contributed by atoms with Crippen LogP contribution in [-0.2, 0) is 6.42 Å². The van der Waals surface area contributed by atoms with E-state index >= 15 is 0 Å². The number of rotatable bonds is 2. The van der Waals surface area contributed by atoms with Crippen LogP contribution < -0.4 is 0 Å². The van der Waals surface area contributed by atoms with Crippen LogP contribution in [0.2, 0.25) is 0 Å². The van der Waals surface area contributed by atoms with Crippen LogP contribution in [0.3, 0.4) is 0 Å². The fraction of sp³-hybridized carbons (Fsp3) is 0.500. The monoisotopic (exact) mass is 286 g/mol. The van der Waals surface area contributed by atoms with E-state index in [1.54, 1.807) is 0 Å². The highest BCUT2D eigenvalue weighted by molar-refractivity contribution is 5.94. The molecule has 0 atom stereocenters. The van der Waals surface area contributed by atoms with Crippen molar-refractivity contribution in [2.24, 2.45) is 0 Å². The van der Waals surface area contributed by atoms with E-state index in [1.807, 2.05) is 27.6 Å². The van der Waals surface area contributed by atoms with Crippen LogP contribution >= 0.6 is 0 Å². The zero-order valence-electron chi connectivity index (χ0n) is 13.0. The fourth-order valence-corrected chi connectivity index (χ4v) is 2.86. The van der Waals surface area contributed by atoms with E-state index in [2.05, 4.69) is 30.8 Å². The topological polar surface area (TPSA) is 40.9 Å². The van der Waals surface area contributed by atoms with Gasteiger partial charge in [-0.1, -0.05) is 6.92 Å². The van der Waals surface area contributed by atoms with Crippen LogP contribution in [0.5, 0.6) is 0 Å². The Morgan fingerprint density at radius 3 is 2.62 bits per heavy atom. The molecule has 3 heterocycles. The van der Waals surface area contributed by atoms with Crippen molar-refractivity contribution in [3.8, 4) is 0 Å². The summed E-state index contributed by atoms with van der Waals surface area (Å²) in [6.07, 6.45) is 2.84. The highest BCUT2D eigenvalue weighted by Gasteiger charge is 2.21. The molecular formula is C16H22N4O. The number of likely N-dealkylation sites (N-methyl/N-ethyl adjacent to an activating group) is 1. The summed E-state index contributed by atoms with van der Waals surface area (Å²) in [5.41, 5.74) is 3.88. The van der Waals surface area contributed by atoms with Gasteiger partial charge in [0, 0.05) is 38.1 Å². The third-order valence-corrected chi connectivity index (χ3v) is 4.33. The molecule has 0 bridgehead atoms. The average Bonchev–Trinajstić information content (AvgIpc) is 2.83. The van der Waals surface area contributed by atoms with Gasteiger partial charge in [-0.25, -0.2) is 4.98 Å². The highest BCUT2D eigenvalue weighted by atomic mass is 16.2. The zero-order valence-corrected chi connectivity index (χ0v) is 13.0. The number of carbonyl (C=O) groups is 1. The van der Waals surface area contributed by atoms with E-state index in [4.69, 9.17) is 0 Å². The smallest absolute Gasteiger partial charge is 0.255 e. The summed E-state index contributed by atoms with van der Waals surface area (Å²) in [7, 11) is 2.09. The molecule has 1 aliphatic heterocycles. The van der Waals surface area contributed by atoms with E-state index in [0.717, 1.165) is 55.2 Å². The molecular weight excluding hydrogens is 264 g/mol. The van der Waals surface area contributed by atoms with Gasteiger partial charge in [-0.05, 0) is 32.5 Å². The lowest BCUT2D eigenvalue weighted by molar-refractivity contribution is 0.0663. The van der Waals surface area contributed by atoms with E-state index in [9.17, 15) is 4.79 Å². The Kier molecular flexibility index (Phi) is 3.68. The summed E-state index contributed by atoms with van der Waals surface area (Å²) in [6.45, 7) is 7.65. The predicted molar refractivity (Wildman–Crippen MR) is 82.7 cm³/mol. The summed E-state index contributed by atoms with van der Waals surface area (Å²) in [6, 6.07) is 3.83. The number of pyridine rings is 1. The first-order valence-electron chi connectivity index (χ1n) is 7.55. The lowest BCUT2D eigenvalue weighted by atomic mass is 10.2. The lowest BCUT2D eigenvalue weighted by Crippen LogP contribution is -2.47. The van der Waals surface area contributed by atoms with Crippen LogP contribution in [0.15, 0.2) is 18.3 Å². The van der Waals surface area contributed by atoms with Gasteiger partial charge in [0.25, 0.3) is 5.91 Å². The van der Waals surface area contributed by atoms with E-state index in [0.29, 0.717) is 0 Å². The number of aromatic nitrogens is 2. The molecule has 0 saturated carbocycles. The second-order valence-electron chi connectivity index (χ2n) is 5.74. The standard InChI is InChI=1S/C16H22N4O/c1-4-14-12(2)20-11-13(5-6-15(20)17-14)16(21)19-9-7-18(3)8-10-19/h5-6,11H,4,7-10H2,1-3H3. The highest BCUT2D eigenvalue weighted by Crippen LogP contribution is 2.15. The normalized spacial score (nSPS) is 16.6. The number of aryl methyl sites for hydroxylation is 2. The minimum atomic E-state index is 0.121. The number of amides is 1. The zero-order chi connectivity index (χ0) is 15.0. The van der Waals surface area contributed by atoms with Gasteiger partial charge in [0.05, 0.1) is 11.3 Å². The first-order valence-corrected chi connectivity index (χ1v) is 7.55. The Labute approximate surface area is 125 Å². The number of imidazole rings is 1. The van der Waals surface area contributed by atoms with Crippen LogP contribution in [0.25, 0.3) is 5.65 Å².